The standard InChI is InChI=1S/C17H32N2O/c1-3-9-17(10-12-18-13-11-17)16(20)19-15-8-6-4-5-7-14(15)2/h14-15,18H,3-13H2,1-2H3,(H,19,20). The summed E-state index contributed by atoms with van der Waals surface area (Å²) in [6.07, 6.45) is 10.5. The second-order valence-corrected chi connectivity index (χ2v) is 6.98. The van der Waals surface area contributed by atoms with Crippen LogP contribution >= 0.6 is 0 Å². The highest BCUT2D eigenvalue weighted by Gasteiger charge is 2.39. The molecule has 1 heterocycles. The van der Waals surface area contributed by atoms with Gasteiger partial charge in [-0.05, 0) is 51.1 Å². The molecule has 2 fully saturated rings. The van der Waals surface area contributed by atoms with E-state index in [1.165, 1.54) is 32.1 Å². The van der Waals surface area contributed by atoms with Crippen molar-refractivity contribution in [3.63, 3.8) is 0 Å². The van der Waals surface area contributed by atoms with Gasteiger partial charge in [0, 0.05) is 6.04 Å². The van der Waals surface area contributed by atoms with E-state index in [1.54, 1.807) is 0 Å². The van der Waals surface area contributed by atoms with Crippen LogP contribution in [0, 0.1) is 11.3 Å². The molecule has 1 aliphatic heterocycles. The predicted molar refractivity (Wildman–Crippen MR) is 83.6 cm³/mol. The number of amides is 1. The zero-order chi connectivity index (χ0) is 14.4. The highest BCUT2D eigenvalue weighted by molar-refractivity contribution is 5.83. The van der Waals surface area contributed by atoms with Gasteiger partial charge in [-0.3, -0.25) is 4.79 Å². The van der Waals surface area contributed by atoms with Gasteiger partial charge in [-0.25, -0.2) is 0 Å². The van der Waals surface area contributed by atoms with Gasteiger partial charge < -0.3 is 10.6 Å². The zero-order valence-electron chi connectivity index (χ0n) is 13.3. The number of piperidine rings is 1. The van der Waals surface area contributed by atoms with Crippen LogP contribution in [0.5, 0.6) is 0 Å². The van der Waals surface area contributed by atoms with Crippen molar-refractivity contribution in [1.82, 2.24) is 10.6 Å². The molecule has 3 nitrogen and oxygen atoms in total. The Bertz CT molecular complexity index is 305. The summed E-state index contributed by atoms with van der Waals surface area (Å²) in [6, 6.07) is 0.411. The smallest absolute Gasteiger partial charge is 0.226 e. The molecule has 0 radical (unpaired) electrons. The summed E-state index contributed by atoms with van der Waals surface area (Å²) >= 11 is 0. The summed E-state index contributed by atoms with van der Waals surface area (Å²) in [5.74, 6) is 0.987. The Hall–Kier alpha value is -0.570. The first-order chi connectivity index (χ1) is 9.68. The lowest BCUT2D eigenvalue weighted by atomic mass is 9.74. The summed E-state index contributed by atoms with van der Waals surface area (Å²) in [7, 11) is 0. The molecule has 2 aliphatic rings. The monoisotopic (exact) mass is 280 g/mol. The Labute approximate surface area is 124 Å². The summed E-state index contributed by atoms with van der Waals surface area (Å²) < 4.78 is 0. The van der Waals surface area contributed by atoms with Crippen LogP contribution in [0.15, 0.2) is 0 Å². The number of hydrogen-bond acceptors (Lipinski definition) is 2. The molecule has 2 rings (SSSR count). The fourth-order valence-electron chi connectivity index (χ4n) is 4.00. The molecule has 0 bridgehead atoms. The molecular weight excluding hydrogens is 248 g/mol. The lowest BCUT2D eigenvalue weighted by Gasteiger charge is -2.38. The normalized spacial score (nSPS) is 30.5. The largest absolute Gasteiger partial charge is 0.353 e. The molecule has 0 aromatic heterocycles. The van der Waals surface area contributed by atoms with Crippen molar-refractivity contribution in [3.05, 3.63) is 0 Å². The quantitative estimate of drug-likeness (QED) is 0.776. The molecule has 3 heteroatoms. The number of carbonyl (C=O) groups excluding carboxylic acids is 1. The van der Waals surface area contributed by atoms with E-state index in [9.17, 15) is 4.79 Å². The first-order valence-electron chi connectivity index (χ1n) is 8.69. The topological polar surface area (TPSA) is 41.1 Å². The lowest BCUT2D eigenvalue weighted by molar-refractivity contribution is -0.134. The maximum Gasteiger partial charge on any atom is 0.226 e. The molecule has 2 atom stereocenters. The van der Waals surface area contributed by atoms with Gasteiger partial charge in [0.25, 0.3) is 0 Å². The molecule has 1 saturated heterocycles. The lowest BCUT2D eigenvalue weighted by Crippen LogP contribution is -2.51. The van der Waals surface area contributed by atoms with Gasteiger partial charge in [-0.15, -0.1) is 0 Å². The van der Waals surface area contributed by atoms with E-state index in [1.807, 2.05) is 0 Å². The fraction of sp³-hybridized carbons (Fsp3) is 0.941. The SMILES string of the molecule is CCCC1(C(=O)NC2CCCCCC2C)CCNCC1. The molecular formula is C17H32N2O. The van der Waals surface area contributed by atoms with Crippen LogP contribution in [0.3, 0.4) is 0 Å². The molecule has 0 spiro atoms. The van der Waals surface area contributed by atoms with Gasteiger partial charge in [-0.2, -0.15) is 0 Å². The molecule has 1 saturated carbocycles. The van der Waals surface area contributed by atoms with E-state index < -0.39 is 0 Å². The molecule has 116 valence electrons. The Morgan fingerprint density at radius 3 is 2.60 bits per heavy atom. The van der Waals surface area contributed by atoms with E-state index in [4.69, 9.17) is 0 Å². The highest BCUT2D eigenvalue weighted by atomic mass is 16.2. The molecule has 1 aliphatic carbocycles. The van der Waals surface area contributed by atoms with Crippen molar-refractivity contribution in [1.29, 1.82) is 0 Å². The minimum Gasteiger partial charge on any atom is -0.353 e. The Balaban J connectivity index is 1.99. The van der Waals surface area contributed by atoms with Gasteiger partial charge in [0.05, 0.1) is 5.41 Å². The van der Waals surface area contributed by atoms with Crippen LogP contribution in [0.4, 0.5) is 0 Å². The Morgan fingerprint density at radius 2 is 1.90 bits per heavy atom. The minimum absolute atomic E-state index is 0.0912. The van der Waals surface area contributed by atoms with Crippen molar-refractivity contribution >= 4 is 5.91 Å². The van der Waals surface area contributed by atoms with Gasteiger partial charge in [0.1, 0.15) is 0 Å². The number of carbonyl (C=O) groups is 1. The molecule has 1 amide bonds. The van der Waals surface area contributed by atoms with Crippen molar-refractivity contribution in [3.8, 4) is 0 Å². The van der Waals surface area contributed by atoms with E-state index in [0.29, 0.717) is 17.9 Å². The molecule has 0 aromatic carbocycles. The predicted octanol–water partition coefficient (Wildman–Crippen LogP) is 3.24. The maximum atomic E-state index is 12.9. The molecule has 0 aromatic rings. The van der Waals surface area contributed by atoms with Crippen LogP contribution in [-0.2, 0) is 4.79 Å². The summed E-state index contributed by atoms with van der Waals surface area (Å²) in [5, 5.41) is 6.83. The minimum atomic E-state index is -0.0912. The third-order valence-electron chi connectivity index (χ3n) is 5.45. The fourth-order valence-corrected chi connectivity index (χ4v) is 4.00. The van der Waals surface area contributed by atoms with Gasteiger partial charge >= 0.3 is 0 Å². The highest BCUT2D eigenvalue weighted by Crippen LogP contribution is 2.35. The number of hydrogen-bond donors (Lipinski definition) is 2. The van der Waals surface area contributed by atoms with Crippen LogP contribution in [0.25, 0.3) is 0 Å². The molecule has 20 heavy (non-hydrogen) atoms. The van der Waals surface area contributed by atoms with Gasteiger partial charge in [-0.1, -0.05) is 39.5 Å². The van der Waals surface area contributed by atoms with Gasteiger partial charge in [0.15, 0.2) is 0 Å². The second-order valence-electron chi connectivity index (χ2n) is 6.98. The van der Waals surface area contributed by atoms with Crippen LogP contribution in [0.1, 0.15) is 71.6 Å². The first-order valence-corrected chi connectivity index (χ1v) is 8.69. The van der Waals surface area contributed by atoms with Crippen LogP contribution < -0.4 is 10.6 Å². The number of rotatable bonds is 4. The van der Waals surface area contributed by atoms with E-state index in [0.717, 1.165) is 38.8 Å². The average molecular weight is 280 g/mol. The Kier molecular flexibility index (Phi) is 5.88. The third kappa shape index (κ3) is 3.75. The van der Waals surface area contributed by atoms with E-state index in [2.05, 4.69) is 24.5 Å². The molecule has 2 N–H and O–H groups in total. The molecule has 2 unspecified atom stereocenters. The Morgan fingerprint density at radius 1 is 1.20 bits per heavy atom. The first kappa shape index (κ1) is 15.8. The van der Waals surface area contributed by atoms with E-state index >= 15 is 0 Å². The average Bonchev–Trinajstić information content (AvgIpc) is 2.65. The van der Waals surface area contributed by atoms with Crippen molar-refractivity contribution in [2.24, 2.45) is 11.3 Å². The number of nitrogens with one attached hydrogen (secondary N) is 2. The summed E-state index contributed by atoms with van der Waals surface area (Å²) in [6.45, 7) is 6.50. The van der Waals surface area contributed by atoms with Crippen LogP contribution in [-0.4, -0.2) is 25.0 Å². The zero-order valence-corrected chi connectivity index (χ0v) is 13.3. The van der Waals surface area contributed by atoms with Crippen LogP contribution in [0.2, 0.25) is 0 Å². The maximum absolute atomic E-state index is 12.9. The summed E-state index contributed by atoms with van der Waals surface area (Å²) in [5.41, 5.74) is -0.0912. The van der Waals surface area contributed by atoms with E-state index in [-0.39, 0.29) is 5.41 Å². The van der Waals surface area contributed by atoms with Crippen molar-refractivity contribution in [2.75, 3.05) is 13.1 Å². The third-order valence-corrected chi connectivity index (χ3v) is 5.45. The van der Waals surface area contributed by atoms with Crippen molar-refractivity contribution in [2.45, 2.75) is 77.7 Å². The summed E-state index contributed by atoms with van der Waals surface area (Å²) in [4.78, 5) is 12.9. The van der Waals surface area contributed by atoms with Gasteiger partial charge in [0.2, 0.25) is 5.91 Å². The van der Waals surface area contributed by atoms with Crippen molar-refractivity contribution < 1.29 is 4.79 Å². The second kappa shape index (κ2) is 7.44.